The van der Waals surface area contributed by atoms with E-state index in [0.717, 1.165) is 28.5 Å². The van der Waals surface area contributed by atoms with Gasteiger partial charge in [-0.1, -0.05) is 29.8 Å². The van der Waals surface area contributed by atoms with Gasteiger partial charge in [0.25, 0.3) is 0 Å². The number of hydrogen-bond donors (Lipinski definition) is 0. The number of fused-ring (bicyclic) bond motifs is 1. The number of halogens is 1. The molecule has 0 saturated heterocycles. The highest BCUT2D eigenvalue weighted by molar-refractivity contribution is 6.29. The van der Waals surface area contributed by atoms with Crippen LogP contribution < -0.4 is 4.74 Å². The molecule has 1 heterocycles. The van der Waals surface area contributed by atoms with E-state index in [-0.39, 0.29) is 0 Å². The lowest BCUT2D eigenvalue weighted by Gasteiger charge is -2.08. The zero-order valence-electron chi connectivity index (χ0n) is 11.1. The maximum atomic E-state index is 10.7. The number of carbonyl (C=O) groups excluding carboxylic acids is 1. The number of ether oxygens (including phenoxy) is 1. The molecular formula is C17H12ClNO2. The predicted molar refractivity (Wildman–Crippen MR) is 82.9 cm³/mol. The third kappa shape index (κ3) is 3.20. The van der Waals surface area contributed by atoms with Crippen LogP contribution in [-0.2, 0) is 6.61 Å². The Balaban J connectivity index is 1.78. The second kappa shape index (κ2) is 5.94. The minimum Gasteiger partial charge on any atom is -0.489 e. The topological polar surface area (TPSA) is 39.2 Å². The Morgan fingerprint density at radius 3 is 2.86 bits per heavy atom. The van der Waals surface area contributed by atoms with Gasteiger partial charge in [-0.25, -0.2) is 4.98 Å². The maximum absolute atomic E-state index is 10.7. The summed E-state index contributed by atoms with van der Waals surface area (Å²) < 4.78 is 5.75. The van der Waals surface area contributed by atoms with Crippen LogP contribution in [0, 0.1) is 0 Å². The van der Waals surface area contributed by atoms with E-state index >= 15 is 0 Å². The van der Waals surface area contributed by atoms with E-state index in [2.05, 4.69) is 4.98 Å². The fraction of sp³-hybridized carbons (Fsp3) is 0.0588. The van der Waals surface area contributed by atoms with Crippen LogP contribution in [0.25, 0.3) is 10.9 Å². The Labute approximate surface area is 127 Å². The van der Waals surface area contributed by atoms with Gasteiger partial charge in [0.1, 0.15) is 23.8 Å². The molecule has 0 aliphatic heterocycles. The van der Waals surface area contributed by atoms with Gasteiger partial charge in [-0.15, -0.1) is 0 Å². The number of aromatic nitrogens is 1. The van der Waals surface area contributed by atoms with Crippen LogP contribution in [0.3, 0.4) is 0 Å². The first-order valence-corrected chi connectivity index (χ1v) is 6.85. The van der Waals surface area contributed by atoms with E-state index in [9.17, 15) is 4.79 Å². The third-order valence-corrected chi connectivity index (χ3v) is 3.33. The second-order valence-electron chi connectivity index (χ2n) is 4.64. The number of carbonyl (C=O) groups is 1. The molecule has 2 aromatic carbocycles. The average molecular weight is 298 g/mol. The Morgan fingerprint density at radius 2 is 2.00 bits per heavy atom. The summed E-state index contributed by atoms with van der Waals surface area (Å²) in [5.74, 6) is 0.753. The Morgan fingerprint density at radius 1 is 1.10 bits per heavy atom. The SMILES string of the molecule is O=Cc1cccc(COc2ccc3nc(Cl)ccc3c2)c1. The lowest BCUT2D eigenvalue weighted by molar-refractivity contribution is 0.112. The van der Waals surface area contributed by atoms with Gasteiger partial charge < -0.3 is 4.74 Å². The summed E-state index contributed by atoms with van der Waals surface area (Å²) in [5.41, 5.74) is 2.43. The van der Waals surface area contributed by atoms with Gasteiger partial charge in [0.05, 0.1) is 5.52 Å². The van der Waals surface area contributed by atoms with Crippen molar-refractivity contribution in [1.82, 2.24) is 4.98 Å². The standard InChI is InChI=1S/C17H12ClNO2/c18-17-7-4-14-9-15(5-6-16(14)19-17)21-11-13-3-1-2-12(8-13)10-20/h1-10H,11H2. The fourth-order valence-electron chi connectivity index (χ4n) is 2.09. The molecule has 3 rings (SSSR count). The number of nitrogens with zero attached hydrogens (tertiary/aromatic N) is 1. The Kier molecular flexibility index (Phi) is 3.84. The molecule has 0 unspecified atom stereocenters. The van der Waals surface area contributed by atoms with Crippen molar-refractivity contribution >= 4 is 28.8 Å². The molecule has 1 aromatic heterocycles. The predicted octanol–water partition coefficient (Wildman–Crippen LogP) is 4.28. The van der Waals surface area contributed by atoms with E-state index < -0.39 is 0 Å². The highest BCUT2D eigenvalue weighted by Crippen LogP contribution is 2.22. The van der Waals surface area contributed by atoms with Gasteiger partial charge in [0.15, 0.2) is 0 Å². The maximum Gasteiger partial charge on any atom is 0.150 e. The van der Waals surface area contributed by atoms with Crippen molar-refractivity contribution in [3.05, 3.63) is 70.9 Å². The molecule has 0 bridgehead atoms. The molecule has 21 heavy (non-hydrogen) atoms. The van der Waals surface area contributed by atoms with Gasteiger partial charge in [-0.2, -0.15) is 0 Å². The van der Waals surface area contributed by atoms with Crippen molar-refractivity contribution in [2.45, 2.75) is 6.61 Å². The molecule has 0 aliphatic carbocycles. The van der Waals surface area contributed by atoms with E-state index in [4.69, 9.17) is 16.3 Å². The summed E-state index contributed by atoms with van der Waals surface area (Å²) in [6.45, 7) is 0.411. The molecular weight excluding hydrogens is 286 g/mol. The molecule has 0 atom stereocenters. The normalized spacial score (nSPS) is 10.5. The molecule has 4 heteroatoms. The van der Waals surface area contributed by atoms with Crippen LogP contribution in [-0.4, -0.2) is 11.3 Å². The van der Waals surface area contributed by atoms with E-state index in [0.29, 0.717) is 17.3 Å². The fourth-order valence-corrected chi connectivity index (χ4v) is 2.25. The van der Waals surface area contributed by atoms with Crippen molar-refractivity contribution in [1.29, 1.82) is 0 Å². The van der Waals surface area contributed by atoms with Gasteiger partial charge in [0, 0.05) is 10.9 Å². The van der Waals surface area contributed by atoms with Crippen molar-refractivity contribution in [2.75, 3.05) is 0 Å². The lowest BCUT2D eigenvalue weighted by atomic mass is 10.1. The summed E-state index contributed by atoms with van der Waals surface area (Å²) in [7, 11) is 0. The quantitative estimate of drug-likeness (QED) is 0.533. The molecule has 0 radical (unpaired) electrons. The van der Waals surface area contributed by atoms with Crippen molar-refractivity contribution < 1.29 is 9.53 Å². The second-order valence-corrected chi connectivity index (χ2v) is 5.03. The zero-order chi connectivity index (χ0) is 14.7. The molecule has 0 amide bonds. The van der Waals surface area contributed by atoms with Gasteiger partial charge in [-0.05, 0) is 42.0 Å². The highest BCUT2D eigenvalue weighted by Gasteiger charge is 2.01. The van der Waals surface area contributed by atoms with Crippen molar-refractivity contribution in [3.8, 4) is 5.75 Å². The first kappa shape index (κ1) is 13.6. The van der Waals surface area contributed by atoms with Crippen LogP contribution in [0.1, 0.15) is 15.9 Å². The van der Waals surface area contributed by atoms with Crippen LogP contribution in [0.5, 0.6) is 5.75 Å². The van der Waals surface area contributed by atoms with E-state index in [1.165, 1.54) is 0 Å². The van der Waals surface area contributed by atoms with Crippen LogP contribution in [0.15, 0.2) is 54.6 Å². The molecule has 0 aliphatic rings. The van der Waals surface area contributed by atoms with Gasteiger partial charge in [0.2, 0.25) is 0 Å². The minimum absolute atomic E-state index is 0.411. The molecule has 0 fully saturated rings. The monoisotopic (exact) mass is 297 g/mol. The smallest absolute Gasteiger partial charge is 0.150 e. The van der Waals surface area contributed by atoms with E-state index in [1.807, 2.05) is 42.5 Å². The lowest BCUT2D eigenvalue weighted by Crippen LogP contribution is -1.96. The zero-order valence-corrected chi connectivity index (χ0v) is 11.9. The van der Waals surface area contributed by atoms with Crippen LogP contribution >= 0.6 is 11.6 Å². The molecule has 0 saturated carbocycles. The number of hydrogen-bond acceptors (Lipinski definition) is 3. The van der Waals surface area contributed by atoms with E-state index in [1.54, 1.807) is 12.1 Å². The molecule has 3 aromatic rings. The summed E-state index contributed by atoms with van der Waals surface area (Å²) in [6.07, 6.45) is 0.828. The van der Waals surface area contributed by atoms with Gasteiger partial charge in [-0.3, -0.25) is 4.79 Å². The van der Waals surface area contributed by atoms with Gasteiger partial charge >= 0.3 is 0 Å². The third-order valence-electron chi connectivity index (χ3n) is 3.12. The highest BCUT2D eigenvalue weighted by atomic mass is 35.5. The number of rotatable bonds is 4. The molecule has 3 nitrogen and oxygen atoms in total. The number of pyridine rings is 1. The largest absolute Gasteiger partial charge is 0.489 e. The summed E-state index contributed by atoms with van der Waals surface area (Å²) in [4.78, 5) is 15.0. The van der Waals surface area contributed by atoms with Crippen LogP contribution in [0.4, 0.5) is 0 Å². The Bertz CT molecular complexity index is 802. The first-order chi connectivity index (χ1) is 10.2. The minimum atomic E-state index is 0.411. The Hall–Kier alpha value is -2.39. The summed E-state index contributed by atoms with van der Waals surface area (Å²) >= 11 is 5.86. The molecule has 0 N–H and O–H groups in total. The summed E-state index contributed by atoms with van der Waals surface area (Å²) in [5, 5.41) is 1.44. The number of benzene rings is 2. The molecule has 104 valence electrons. The average Bonchev–Trinajstić information content (AvgIpc) is 2.53. The summed E-state index contributed by atoms with van der Waals surface area (Å²) in [6, 6.07) is 16.7. The number of aldehydes is 1. The van der Waals surface area contributed by atoms with Crippen LogP contribution in [0.2, 0.25) is 5.15 Å². The molecule has 0 spiro atoms. The first-order valence-electron chi connectivity index (χ1n) is 6.48. The van der Waals surface area contributed by atoms with Crippen molar-refractivity contribution in [3.63, 3.8) is 0 Å². The van der Waals surface area contributed by atoms with Crippen molar-refractivity contribution in [2.24, 2.45) is 0 Å².